The van der Waals surface area contributed by atoms with Gasteiger partial charge in [-0.3, -0.25) is 19.2 Å². The predicted octanol–water partition coefficient (Wildman–Crippen LogP) is 3.80. The molecular formula is C30H33ClF5N3O7S. The SMILES string of the molecule is COc1ccc(CS(=O)(=O)[C@@H]2C[C@@H](C(=O)NC(C(=O)C(F)(F)F)C(C)C)N(C(=O)C(C)NC(=O)C(F)(F)c3cccc(Cl)c3)C2)cc1. The lowest BCUT2D eigenvalue weighted by Crippen LogP contribution is -2.57. The molecule has 258 valence electrons. The third-order valence-corrected chi connectivity index (χ3v) is 9.93. The van der Waals surface area contributed by atoms with E-state index >= 15 is 0 Å². The maximum absolute atomic E-state index is 14.9. The number of carbonyl (C=O) groups is 4. The highest BCUT2D eigenvalue weighted by Gasteiger charge is 2.50. The highest BCUT2D eigenvalue weighted by molar-refractivity contribution is 7.91. The van der Waals surface area contributed by atoms with E-state index in [4.69, 9.17) is 16.3 Å². The van der Waals surface area contributed by atoms with Gasteiger partial charge in [0.2, 0.25) is 11.8 Å². The zero-order valence-corrected chi connectivity index (χ0v) is 27.2. The first-order valence-corrected chi connectivity index (χ1v) is 16.3. The van der Waals surface area contributed by atoms with E-state index in [0.717, 1.165) is 19.1 Å². The summed E-state index contributed by atoms with van der Waals surface area (Å²) >= 11 is 5.76. The number of halogens is 6. The first-order valence-electron chi connectivity index (χ1n) is 14.2. The molecule has 0 radical (unpaired) electrons. The number of sulfone groups is 1. The van der Waals surface area contributed by atoms with E-state index in [-0.39, 0.29) is 5.02 Å². The Kier molecular flexibility index (Phi) is 11.7. The lowest BCUT2D eigenvalue weighted by atomic mass is 9.98. The third kappa shape index (κ3) is 8.97. The number of rotatable bonds is 12. The number of likely N-dealkylation sites (tertiary alicyclic amines) is 1. The van der Waals surface area contributed by atoms with E-state index in [1.54, 1.807) is 0 Å². The second kappa shape index (κ2) is 14.5. The first-order chi connectivity index (χ1) is 21.7. The van der Waals surface area contributed by atoms with Gasteiger partial charge in [0.1, 0.15) is 17.8 Å². The van der Waals surface area contributed by atoms with Crippen molar-refractivity contribution in [1.29, 1.82) is 0 Å². The van der Waals surface area contributed by atoms with Gasteiger partial charge in [0.15, 0.2) is 9.84 Å². The zero-order chi connectivity index (χ0) is 35.5. The van der Waals surface area contributed by atoms with Crippen LogP contribution in [0, 0.1) is 5.92 Å². The number of methoxy groups -OCH3 is 1. The summed E-state index contributed by atoms with van der Waals surface area (Å²) in [5.41, 5.74) is -0.449. The average Bonchev–Trinajstić information content (AvgIpc) is 3.45. The molecule has 0 aliphatic carbocycles. The highest BCUT2D eigenvalue weighted by Crippen LogP contribution is 2.31. The fourth-order valence-electron chi connectivity index (χ4n) is 5.00. The summed E-state index contributed by atoms with van der Waals surface area (Å²) in [5.74, 6) is -11.9. The molecule has 1 aliphatic rings. The monoisotopic (exact) mass is 709 g/mol. The quantitative estimate of drug-likeness (QED) is 0.320. The predicted molar refractivity (Wildman–Crippen MR) is 160 cm³/mol. The van der Waals surface area contributed by atoms with Crippen molar-refractivity contribution in [2.45, 2.75) is 68.4 Å². The summed E-state index contributed by atoms with van der Waals surface area (Å²) < 4.78 is 102. The van der Waals surface area contributed by atoms with E-state index in [0.29, 0.717) is 16.2 Å². The Labute approximate surface area is 272 Å². The van der Waals surface area contributed by atoms with Crippen LogP contribution in [0.5, 0.6) is 5.75 Å². The largest absolute Gasteiger partial charge is 0.497 e. The Hall–Kier alpha value is -3.79. The number of carbonyl (C=O) groups excluding carboxylic acids is 4. The molecule has 0 aromatic heterocycles. The number of ketones is 1. The van der Waals surface area contributed by atoms with E-state index in [1.165, 1.54) is 57.4 Å². The maximum Gasteiger partial charge on any atom is 0.452 e. The van der Waals surface area contributed by atoms with E-state index in [9.17, 15) is 49.5 Å². The van der Waals surface area contributed by atoms with Crippen molar-refractivity contribution in [2.75, 3.05) is 13.7 Å². The van der Waals surface area contributed by atoms with Gasteiger partial charge < -0.3 is 20.3 Å². The number of Topliss-reactive ketones (excluding diaryl/α,β-unsaturated/α-hetero) is 1. The van der Waals surface area contributed by atoms with Gasteiger partial charge in [-0.2, -0.15) is 22.0 Å². The topological polar surface area (TPSA) is 139 Å². The van der Waals surface area contributed by atoms with Gasteiger partial charge in [-0.15, -0.1) is 0 Å². The fourth-order valence-corrected chi connectivity index (χ4v) is 6.94. The van der Waals surface area contributed by atoms with Crippen LogP contribution in [0.2, 0.25) is 5.02 Å². The number of ether oxygens (including phenoxy) is 1. The summed E-state index contributed by atoms with van der Waals surface area (Å²) in [6, 6.07) is 4.70. The standard InChI is InChI=1S/C30H33ClF5N3O7S/c1-16(2)24(25(40)30(34,35)36)38-26(41)23-13-22(47(44,45)15-18-8-10-21(46-4)11-9-18)14-39(23)27(42)17(3)37-28(43)29(32,33)19-6-5-7-20(31)12-19/h5-12,16-17,22-24H,13-15H2,1-4H3,(H,37,43)(H,38,41)/t17?,22-,23+,24?/m1/s1. The molecule has 2 unspecified atom stereocenters. The number of nitrogens with zero attached hydrogens (tertiary/aromatic N) is 1. The Balaban J connectivity index is 1.90. The summed E-state index contributed by atoms with van der Waals surface area (Å²) in [4.78, 5) is 52.2. The zero-order valence-electron chi connectivity index (χ0n) is 25.6. The van der Waals surface area contributed by atoms with Crippen LogP contribution in [-0.2, 0) is 40.7 Å². The van der Waals surface area contributed by atoms with Crippen molar-refractivity contribution in [1.82, 2.24) is 15.5 Å². The molecule has 10 nitrogen and oxygen atoms in total. The van der Waals surface area contributed by atoms with Gasteiger partial charge in [0, 0.05) is 17.1 Å². The van der Waals surface area contributed by atoms with Crippen molar-refractivity contribution >= 4 is 44.9 Å². The van der Waals surface area contributed by atoms with Crippen molar-refractivity contribution in [3.8, 4) is 5.75 Å². The molecule has 3 amide bonds. The molecule has 2 aromatic rings. The molecule has 3 rings (SSSR count). The van der Waals surface area contributed by atoms with Crippen LogP contribution in [0.1, 0.15) is 38.3 Å². The normalized spacial score (nSPS) is 18.4. The lowest BCUT2D eigenvalue weighted by Gasteiger charge is -2.30. The molecule has 0 saturated carbocycles. The highest BCUT2D eigenvalue weighted by atomic mass is 35.5. The molecule has 2 aromatic carbocycles. The molecule has 1 aliphatic heterocycles. The van der Waals surface area contributed by atoms with Gasteiger partial charge in [-0.25, -0.2) is 8.42 Å². The molecule has 1 heterocycles. The van der Waals surface area contributed by atoms with Crippen LogP contribution in [0.3, 0.4) is 0 Å². The summed E-state index contributed by atoms with van der Waals surface area (Å²) in [6.45, 7) is 2.85. The van der Waals surface area contributed by atoms with Gasteiger partial charge in [-0.05, 0) is 49.1 Å². The first kappa shape index (κ1) is 37.7. The lowest BCUT2D eigenvalue weighted by molar-refractivity contribution is -0.175. The number of hydrogen-bond acceptors (Lipinski definition) is 7. The summed E-state index contributed by atoms with van der Waals surface area (Å²) in [5, 5.41) is 2.33. The molecule has 1 fully saturated rings. The Morgan fingerprint density at radius 3 is 2.15 bits per heavy atom. The summed E-state index contributed by atoms with van der Waals surface area (Å²) in [7, 11) is -2.73. The summed E-state index contributed by atoms with van der Waals surface area (Å²) in [6.07, 6.45) is -5.90. The molecular weight excluding hydrogens is 677 g/mol. The number of amides is 3. The van der Waals surface area contributed by atoms with Crippen molar-refractivity contribution in [3.63, 3.8) is 0 Å². The van der Waals surface area contributed by atoms with Crippen LogP contribution >= 0.6 is 11.6 Å². The molecule has 2 N–H and O–H groups in total. The second-order valence-electron chi connectivity index (χ2n) is 11.4. The average molecular weight is 710 g/mol. The van der Waals surface area contributed by atoms with Gasteiger partial charge in [0.25, 0.3) is 11.7 Å². The Morgan fingerprint density at radius 2 is 1.62 bits per heavy atom. The maximum atomic E-state index is 14.9. The van der Waals surface area contributed by atoms with Gasteiger partial charge >= 0.3 is 12.1 Å². The minimum Gasteiger partial charge on any atom is -0.497 e. The van der Waals surface area contributed by atoms with Crippen LogP contribution < -0.4 is 15.4 Å². The van der Waals surface area contributed by atoms with Crippen molar-refractivity contribution in [2.24, 2.45) is 5.92 Å². The van der Waals surface area contributed by atoms with Gasteiger partial charge in [-0.1, -0.05) is 49.7 Å². The minimum absolute atomic E-state index is 0.0874. The number of alkyl halides is 5. The molecule has 47 heavy (non-hydrogen) atoms. The molecule has 0 spiro atoms. The van der Waals surface area contributed by atoms with E-state index in [1.807, 2.05) is 10.6 Å². The van der Waals surface area contributed by atoms with E-state index < -0.39 is 99.0 Å². The van der Waals surface area contributed by atoms with Crippen molar-refractivity contribution < 1.29 is 54.3 Å². The second-order valence-corrected chi connectivity index (χ2v) is 14.1. The molecule has 17 heteroatoms. The van der Waals surface area contributed by atoms with Gasteiger partial charge in [0.05, 0.1) is 24.2 Å². The molecule has 1 saturated heterocycles. The molecule has 4 atom stereocenters. The Bertz CT molecular complexity index is 1600. The third-order valence-electron chi connectivity index (χ3n) is 7.60. The van der Waals surface area contributed by atoms with Crippen molar-refractivity contribution in [3.05, 3.63) is 64.7 Å². The van der Waals surface area contributed by atoms with Crippen LogP contribution in [0.15, 0.2) is 48.5 Å². The Morgan fingerprint density at radius 1 is 1.00 bits per heavy atom. The van der Waals surface area contributed by atoms with E-state index in [2.05, 4.69) is 0 Å². The minimum atomic E-state index is -5.31. The molecule has 0 bridgehead atoms. The smallest absolute Gasteiger partial charge is 0.452 e. The number of hydrogen-bond donors (Lipinski definition) is 2. The van der Waals surface area contributed by atoms with Crippen LogP contribution in [0.25, 0.3) is 0 Å². The van der Waals surface area contributed by atoms with Crippen LogP contribution in [-0.4, -0.2) is 80.0 Å². The fraction of sp³-hybridized carbons (Fsp3) is 0.467. The van der Waals surface area contributed by atoms with Crippen LogP contribution in [0.4, 0.5) is 22.0 Å². The number of nitrogens with one attached hydrogen (secondary N) is 2. The number of benzene rings is 2.